The molecule has 31 heavy (non-hydrogen) atoms. The molecule has 0 saturated carbocycles. The van der Waals surface area contributed by atoms with E-state index in [1.54, 1.807) is 0 Å². The monoisotopic (exact) mass is 440 g/mol. The lowest BCUT2D eigenvalue weighted by Crippen LogP contribution is -2.21. The third-order valence-electron chi connectivity index (χ3n) is 4.87. The van der Waals surface area contributed by atoms with Gasteiger partial charge in [-0.05, 0) is 51.4 Å². The molecule has 1 unspecified atom stereocenters. The van der Waals surface area contributed by atoms with Crippen molar-refractivity contribution in [1.29, 1.82) is 0 Å². The van der Waals surface area contributed by atoms with E-state index >= 15 is 0 Å². The molecule has 0 fully saturated rings. The second kappa shape index (κ2) is 23.5. The van der Waals surface area contributed by atoms with Crippen molar-refractivity contribution in [1.82, 2.24) is 0 Å². The molecule has 0 bridgehead atoms. The summed E-state index contributed by atoms with van der Waals surface area (Å²) in [6.07, 6.45) is 20.4. The molecule has 0 aromatic carbocycles. The zero-order valence-corrected chi connectivity index (χ0v) is 20.4. The summed E-state index contributed by atoms with van der Waals surface area (Å²) < 4.78 is 17.1. The van der Waals surface area contributed by atoms with Gasteiger partial charge in [0.2, 0.25) is 0 Å². The lowest BCUT2D eigenvalue weighted by Gasteiger charge is -2.19. The minimum atomic E-state index is -0.359. The molecule has 1 atom stereocenters. The van der Waals surface area contributed by atoms with Gasteiger partial charge in [0.15, 0.2) is 6.29 Å². The predicted octanol–water partition coefficient (Wildman–Crippen LogP) is 6.35. The minimum absolute atomic E-state index is 0.0185. The van der Waals surface area contributed by atoms with E-state index in [1.165, 1.54) is 12.8 Å². The second-order valence-corrected chi connectivity index (χ2v) is 8.14. The molecule has 0 rings (SSSR count). The Labute approximate surface area is 191 Å². The number of carbonyl (C=O) groups excluding carboxylic acids is 1. The molecule has 0 aliphatic rings. The van der Waals surface area contributed by atoms with E-state index in [0.717, 1.165) is 51.4 Å². The van der Waals surface area contributed by atoms with Gasteiger partial charge >= 0.3 is 5.97 Å². The van der Waals surface area contributed by atoms with Crippen molar-refractivity contribution in [2.45, 2.75) is 104 Å². The molecule has 1 N–H and O–H groups in total. The highest BCUT2D eigenvalue weighted by atomic mass is 16.7. The van der Waals surface area contributed by atoms with Gasteiger partial charge in [-0.2, -0.15) is 0 Å². The van der Waals surface area contributed by atoms with Crippen LogP contribution in [0.4, 0.5) is 0 Å². The SMILES string of the molecule is CC/C=C\CCCCCOC(CCC(=O)OCC(C)CO)OCCCCC/C=C\CC. The number of hydrogen-bond acceptors (Lipinski definition) is 5. The predicted molar refractivity (Wildman–Crippen MR) is 128 cm³/mol. The zero-order valence-electron chi connectivity index (χ0n) is 20.4. The van der Waals surface area contributed by atoms with Gasteiger partial charge in [-0.3, -0.25) is 4.79 Å². The molecule has 0 amide bonds. The van der Waals surface area contributed by atoms with Crippen LogP contribution in [0.5, 0.6) is 0 Å². The van der Waals surface area contributed by atoms with Crippen molar-refractivity contribution in [3.8, 4) is 0 Å². The van der Waals surface area contributed by atoms with Crippen LogP contribution in [0.1, 0.15) is 97.8 Å². The van der Waals surface area contributed by atoms with Crippen molar-refractivity contribution in [3.63, 3.8) is 0 Å². The van der Waals surface area contributed by atoms with E-state index in [1.807, 2.05) is 6.92 Å². The van der Waals surface area contributed by atoms with Crippen molar-refractivity contribution < 1.29 is 24.1 Å². The number of hydrogen-bond donors (Lipinski definition) is 1. The van der Waals surface area contributed by atoms with Gasteiger partial charge < -0.3 is 19.3 Å². The molecule has 0 saturated heterocycles. The summed E-state index contributed by atoms with van der Waals surface area (Å²) in [7, 11) is 0. The van der Waals surface area contributed by atoms with Crippen molar-refractivity contribution in [2.75, 3.05) is 26.4 Å². The van der Waals surface area contributed by atoms with Crippen LogP contribution in [-0.4, -0.2) is 43.8 Å². The highest BCUT2D eigenvalue weighted by molar-refractivity contribution is 5.69. The van der Waals surface area contributed by atoms with Gasteiger partial charge in [-0.15, -0.1) is 0 Å². The van der Waals surface area contributed by atoms with E-state index < -0.39 is 0 Å². The average molecular weight is 441 g/mol. The fourth-order valence-electron chi connectivity index (χ4n) is 2.89. The maximum atomic E-state index is 11.9. The van der Waals surface area contributed by atoms with E-state index in [9.17, 15) is 4.79 Å². The van der Waals surface area contributed by atoms with Crippen molar-refractivity contribution >= 4 is 5.97 Å². The molecule has 0 radical (unpaired) electrons. The Morgan fingerprint density at radius 2 is 1.39 bits per heavy atom. The summed E-state index contributed by atoms with van der Waals surface area (Å²) in [6, 6.07) is 0. The molecule has 0 aliphatic heterocycles. The Balaban J connectivity index is 4.12. The van der Waals surface area contributed by atoms with Crippen LogP contribution in [0, 0.1) is 5.92 Å². The van der Waals surface area contributed by atoms with Crippen molar-refractivity contribution in [3.05, 3.63) is 24.3 Å². The van der Waals surface area contributed by atoms with Gasteiger partial charge in [-0.25, -0.2) is 0 Å². The fraction of sp³-hybridized carbons (Fsp3) is 0.808. The van der Waals surface area contributed by atoms with Gasteiger partial charge in [0.25, 0.3) is 0 Å². The van der Waals surface area contributed by atoms with Crippen molar-refractivity contribution in [2.24, 2.45) is 5.92 Å². The van der Waals surface area contributed by atoms with Gasteiger partial charge in [0, 0.05) is 32.2 Å². The molecule has 5 nitrogen and oxygen atoms in total. The smallest absolute Gasteiger partial charge is 0.305 e. The van der Waals surface area contributed by atoms with E-state index in [2.05, 4.69) is 38.2 Å². The zero-order chi connectivity index (χ0) is 23.0. The number of aliphatic hydroxyl groups excluding tert-OH is 1. The largest absolute Gasteiger partial charge is 0.465 e. The number of unbranched alkanes of at least 4 members (excludes halogenated alkanes) is 6. The number of ether oxygens (including phenoxy) is 3. The Kier molecular flexibility index (Phi) is 22.6. The van der Waals surface area contributed by atoms with E-state index in [-0.39, 0.29) is 37.8 Å². The van der Waals surface area contributed by atoms with Gasteiger partial charge in [0.05, 0.1) is 13.0 Å². The quantitative estimate of drug-likeness (QED) is 0.0919. The van der Waals surface area contributed by atoms with Crippen LogP contribution in [0.3, 0.4) is 0 Å². The summed E-state index contributed by atoms with van der Waals surface area (Å²) in [6.45, 7) is 7.72. The van der Waals surface area contributed by atoms with E-state index in [0.29, 0.717) is 19.6 Å². The number of esters is 1. The number of aliphatic hydroxyl groups is 1. The Bertz CT molecular complexity index is 421. The van der Waals surface area contributed by atoms with Crippen LogP contribution in [0.2, 0.25) is 0 Å². The lowest BCUT2D eigenvalue weighted by molar-refractivity contribution is -0.160. The lowest BCUT2D eigenvalue weighted by atomic mass is 10.2. The summed E-state index contributed by atoms with van der Waals surface area (Å²) in [5, 5.41) is 9.03. The summed E-state index contributed by atoms with van der Waals surface area (Å²) >= 11 is 0. The summed E-state index contributed by atoms with van der Waals surface area (Å²) in [5.41, 5.74) is 0. The third kappa shape index (κ3) is 21.8. The molecular weight excluding hydrogens is 392 g/mol. The molecule has 0 spiro atoms. The van der Waals surface area contributed by atoms with Crippen LogP contribution in [0.15, 0.2) is 24.3 Å². The highest BCUT2D eigenvalue weighted by Crippen LogP contribution is 2.11. The average Bonchev–Trinajstić information content (AvgIpc) is 2.78. The molecular formula is C26H48O5. The van der Waals surface area contributed by atoms with E-state index in [4.69, 9.17) is 19.3 Å². The number of allylic oxidation sites excluding steroid dienone is 4. The standard InChI is InChI=1S/C26H48O5/c1-4-6-8-10-12-14-16-20-29-26(19-18-25(28)31-23-24(3)22-27)30-21-17-15-13-11-9-7-5-2/h6-9,24,26-27H,4-5,10-23H2,1-3H3/b8-6-,9-7-. The maximum Gasteiger partial charge on any atom is 0.305 e. The number of carbonyl (C=O) groups is 1. The van der Waals surface area contributed by atoms with Gasteiger partial charge in [-0.1, -0.05) is 57.9 Å². The van der Waals surface area contributed by atoms with Gasteiger partial charge in [0.1, 0.15) is 0 Å². The van der Waals surface area contributed by atoms with Crippen LogP contribution in [-0.2, 0) is 19.0 Å². The molecule has 0 aromatic heterocycles. The first-order valence-corrected chi connectivity index (χ1v) is 12.4. The molecule has 0 aromatic rings. The molecule has 182 valence electrons. The summed E-state index contributed by atoms with van der Waals surface area (Å²) in [4.78, 5) is 11.9. The molecule has 0 aliphatic carbocycles. The van der Waals surface area contributed by atoms with Crippen LogP contribution < -0.4 is 0 Å². The maximum absolute atomic E-state index is 11.9. The number of rotatable bonds is 22. The second-order valence-electron chi connectivity index (χ2n) is 8.14. The van der Waals surface area contributed by atoms with Crippen LogP contribution in [0.25, 0.3) is 0 Å². The topological polar surface area (TPSA) is 65.0 Å². The summed E-state index contributed by atoms with van der Waals surface area (Å²) in [5.74, 6) is -0.297. The first-order chi connectivity index (χ1) is 15.1. The molecule has 0 heterocycles. The minimum Gasteiger partial charge on any atom is -0.465 e. The molecule has 5 heteroatoms. The normalized spacial score (nSPS) is 12.9. The van der Waals surface area contributed by atoms with Crippen LogP contribution >= 0.6 is 0 Å². The third-order valence-corrected chi connectivity index (χ3v) is 4.87. The first-order valence-electron chi connectivity index (χ1n) is 12.4. The Morgan fingerprint density at radius 3 is 1.87 bits per heavy atom. The Morgan fingerprint density at radius 1 is 0.839 bits per heavy atom. The first kappa shape index (κ1) is 29.8. The fourth-order valence-corrected chi connectivity index (χ4v) is 2.89. The Hall–Kier alpha value is -1.17. The highest BCUT2D eigenvalue weighted by Gasteiger charge is 2.14.